The van der Waals surface area contributed by atoms with E-state index >= 15 is 0 Å². The third-order valence-electron chi connectivity index (χ3n) is 5.04. The minimum absolute atomic E-state index is 0. The molecule has 2 unspecified atom stereocenters. The Bertz CT molecular complexity index is 733. The zero-order valence-corrected chi connectivity index (χ0v) is 21.1. The highest BCUT2D eigenvalue weighted by Gasteiger charge is 2.35. The lowest BCUT2D eigenvalue weighted by molar-refractivity contribution is -0.0835. The Hall–Kier alpha value is -0.870. The smallest absolute Gasteiger partial charge is 0.190 e. The molecule has 0 radical (unpaired) electrons. The molecule has 6 nitrogen and oxygen atoms in total. The van der Waals surface area contributed by atoms with Gasteiger partial charge in [-0.1, -0.05) is 39.0 Å². The molecular formula is C21H36IN3O3S. The van der Waals surface area contributed by atoms with Gasteiger partial charge < -0.3 is 15.4 Å². The Labute approximate surface area is 193 Å². The maximum absolute atomic E-state index is 12.3. The summed E-state index contributed by atoms with van der Waals surface area (Å²) in [5.74, 6) is 1.25. The van der Waals surface area contributed by atoms with E-state index in [2.05, 4.69) is 36.4 Å². The SMILES string of the molecule is CN=C(NCCCS(=O)(=O)c1ccccc1)NCC1CCCOC1C(C)(C)C.I. The van der Waals surface area contributed by atoms with Gasteiger partial charge in [0.05, 0.1) is 16.8 Å². The molecule has 2 atom stereocenters. The summed E-state index contributed by atoms with van der Waals surface area (Å²) in [6.45, 7) is 8.84. The Morgan fingerprint density at radius 2 is 1.90 bits per heavy atom. The van der Waals surface area contributed by atoms with Gasteiger partial charge in [-0.2, -0.15) is 0 Å². The average Bonchev–Trinajstić information content (AvgIpc) is 2.67. The molecule has 0 aromatic heterocycles. The number of aliphatic imine (C=N–C) groups is 1. The number of hydrogen-bond donors (Lipinski definition) is 2. The molecule has 0 saturated carbocycles. The summed E-state index contributed by atoms with van der Waals surface area (Å²) in [6, 6.07) is 8.59. The zero-order chi connectivity index (χ0) is 20.6. The number of halogens is 1. The predicted molar refractivity (Wildman–Crippen MR) is 130 cm³/mol. The van der Waals surface area contributed by atoms with E-state index in [0.29, 0.717) is 29.7 Å². The van der Waals surface area contributed by atoms with E-state index < -0.39 is 9.84 Å². The van der Waals surface area contributed by atoms with E-state index in [0.717, 1.165) is 26.0 Å². The summed E-state index contributed by atoms with van der Waals surface area (Å²) < 4.78 is 30.7. The molecule has 1 aromatic rings. The van der Waals surface area contributed by atoms with Gasteiger partial charge in [0, 0.05) is 32.7 Å². The van der Waals surface area contributed by atoms with Crippen molar-refractivity contribution < 1.29 is 13.2 Å². The Kier molecular flexibility index (Phi) is 10.9. The predicted octanol–water partition coefficient (Wildman–Crippen LogP) is 3.47. The molecule has 2 rings (SSSR count). The Morgan fingerprint density at radius 3 is 2.52 bits per heavy atom. The monoisotopic (exact) mass is 537 g/mol. The van der Waals surface area contributed by atoms with Crippen LogP contribution in [0.2, 0.25) is 0 Å². The van der Waals surface area contributed by atoms with Crippen molar-refractivity contribution in [3.05, 3.63) is 30.3 Å². The minimum atomic E-state index is -3.23. The third-order valence-corrected chi connectivity index (χ3v) is 6.85. The maximum Gasteiger partial charge on any atom is 0.190 e. The van der Waals surface area contributed by atoms with Crippen LogP contribution in [0.5, 0.6) is 0 Å². The Balaban J connectivity index is 0.00000420. The van der Waals surface area contributed by atoms with Crippen molar-refractivity contribution in [3.8, 4) is 0 Å². The van der Waals surface area contributed by atoms with Crippen LogP contribution in [0, 0.1) is 11.3 Å². The molecule has 1 heterocycles. The second-order valence-electron chi connectivity index (χ2n) is 8.43. The molecule has 2 N–H and O–H groups in total. The molecular weight excluding hydrogens is 501 g/mol. The highest BCUT2D eigenvalue weighted by atomic mass is 127. The molecule has 0 aliphatic carbocycles. The quantitative estimate of drug-likeness (QED) is 0.241. The maximum atomic E-state index is 12.3. The molecule has 0 spiro atoms. The molecule has 1 aliphatic heterocycles. The van der Waals surface area contributed by atoms with Crippen molar-refractivity contribution in [2.24, 2.45) is 16.3 Å². The first-order valence-corrected chi connectivity index (χ1v) is 11.7. The van der Waals surface area contributed by atoms with Crippen molar-refractivity contribution in [1.82, 2.24) is 10.6 Å². The first-order chi connectivity index (χ1) is 13.2. The Morgan fingerprint density at radius 1 is 1.21 bits per heavy atom. The molecule has 1 saturated heterocycles. The van der Waals surface area contributed by atoms with Gasteiger partial charge >= 0.3 is 0 Å². The van der Waals surface area contributed by atoms with Gasteiger partial charge in [-0.15, -0.1) is 24.0 Å². The zero-order valence-electron chi connectivity index (χ0n) is 18.0. The van der Waals surface area contributed by atoms with Gasteiger partial charge in [-0.3, -0.25) is 4.99 Å². The summed E-state index contributed by atoms with van der Waals surface area (Å²) in [7, 11) is -1.50. The average molecular weight is 538 g/mol. The number of ether oxygens (including phenoxy) is 1. The van der Waals surface area contributed by atoms with Crippen LogP contribution >= 0.6 is 24.0 Å². The lowest BCUT2D eigenvalue weighted by Crippen LogP contribution is -2.47. The van der Waals surface area contributed by atoms with Crippen LogP contribution in [0.3, 0.4) is 0 Å². The van der Waals surface area contributed by atoms with Crippen LogP contribution in [0.15, 0.2) is 40.2 Å². The van der Waals surface area contributed by atoms with Crippen molar-refractivity contribution in [3.63, 3.8) is 0 Å². The van der Waals surface area contributed by atoms with Crippen LogP contribution in [-0.4, -0.2) is 53.0 Å². The standard InChI is InChI=1S/C21H35N3O3S.HI/c1-21(2,3)19-17(10-8-14-27-19)16-24-20(22-4)23-13-9-15-28(25,26)18-11-6-5-7-12-18;/h5-7,11-12,17,19H,8-10,13-16H2,1-4H3,(H2,22,23,24);1H. The number of benzene rings is 1. The minimum Gasteiger partial charge on any atom is -0.377 e. The van der Waals surface area contributed by atoms with Crippen molar-refractivity contribution in [1.29, 1.82) is 0 Å². The highest BCUT2D eigenvalue weighted by molar-refractivity contribution is 14.0. The molecule has 0 amide bonds. The molecule has 0 bridgehead atoms. The molecule has 29 heavy (non-hydrogen) atoms. The topological polar surface area (TPSA) is 79.8 Å². The lowest BCUT2D eigenvalue weighted by Gasteiger charge is -2.40. The molecule has 166 valence electrons. The van der Waals surface area contributed by atoms with E-state index in [1.54, 1.807) is 31.3 Å². The third kappa shape index (κ3) is 8.41. The first kappa shape index (κ1) is 26.2. The number of hydrogen-bond acceptors (Lipinski definition) is 4. The largest absolute Gasteiger partial charge is 0.377 e. The van der Waals surface area contributed by atoms with Crippen LogP contribution in [0.1, 0.15) is 40.0 Å². The number of sulfone groups is 1. The molecule has 1 fully saturated rings. The fourth-order valence-corrected chi connectivity index (χ4v) is 5.00. The van der Waals surface area contributed by atoms with Gasteiger partial charge in [-0.25, -0.2) is 8.42 Å². The number of guanidine groups is 1. The normalized spacial score (nSPS) is 20.6. The van der Waals surface area contributed by atoms with E-state index in [-0.39, 0.29) is 41.2 Å². The van der Waals surface area contributed by atoms with Gasteiger partial charge in [0.1, 0.15) is 0 Å². The van der Waals surface area contributed by atoms with Crippen molar-refractivity contribution in [2.45, 2.75) is 51.0 Å². The number of rotatable bonds is 7. The highest BCUT2D eigenvalue weighted by Crippen LogP contribution is 2.33. The second kappa shape index (κ2) is 12.1. The summed E-state index contributed by atoms with van der Waals surface area (Å²) in [4.78, 5) is 4.63. The molecule has 8 heteroatoms. The fourth-order valence-electron chi connectivity index (χ4n) is 3.67. The summed E-state index contributed by atoms with van der Waals surface area (Å²) in [5, 5.41) is 6.60. The second-order valence-corrected chi connectivity index (χ2v) is 10.5. The summed E-state index contributed by atoms with van der Waals surface area (Å²) >= 11 is 0. The fraction of sp³-hybridized carbons (Fsp3) is 0.667. The van der Waals surface area contributed by atoms with Crippen molar-refractivity contribution >= 4 is 39.8 Å². The van der Waals surface area contributed by atoms with Crippen molar-refractivity contribution in [2.75, 3.05) is 32.5 Å². The van der Waals surface area contributed by atoms with Crippen LogP contribution in [0.4, 0.5) is 0 Å². The molecule has 1 aliphatic rings. The van der Waals surface area contributed by atoms with Gasteiger partial charge in [0.25, 0.3) is 0 Å². The van der Waals surface area contributed by atoms with Crippen LogP contribution < -0.4 is 10.6 Å². The van der Waals surface area contributed by atoms with Gasteiger partial charge in [-0.05, 0) is 36.8 Å². The molecule has 1 aromatic carbocycles. The first-order valence-electron chi connectivity index (χ1n) is 10.1. The van der Waals surface area contributed by atoms with E-state index in [1.165, 1.54) is 0 Å². The lowest BCUT2D eigenvalue weighted by atomic mass is 9.78. The number of nitrogens with one attached hydrogen (secondary N) is 2. The van der Waals surface area contributed by atoms with Gasteiger partial charge in [0.15, 0.2) is 15.8 Å². The van der Waals surface area contributed by atoms with Gasteiger partial charge in [0.2, 0.25) is 0 Å². The van der Waals surface area contributed by atoms with E-state index in [4.69, 9.17) is 4.74 Å². The van der Waals surface area contributed by atoms with Crippen LogP contribution in [0.25, 0.3) is 0 Å². The summed E-state index contributed by atoms with van der Waals surface area (Å²) in [5.41, 5.74) is 0.107. The van der Waals surface area contributed by atoms with E-state index in [9.17, 15) is 8.42 Å². The van der Waals surface area contributed by atoms with E-state index in [1.807, 2.05) is 6.07 Å². The number of nitrogens with zero attached hydrogens (tertiary/aromatic N) is 1. The van der Waals surface area contributed by atoms with Crippen LogP contribution in [-0.2, 0) is 14.6 Å². The summed E-state index contributed by atoms with van der Waals surface area (Å²) in [6.07, 6.45) is 2.97.